The Morgan fingerprint density at radius 2 is 2.00 bits per heavy atom. The van der Waals surface area contributed by atoms with Crippen molar-refractivity contribution in [3.05, 3.63) is 66.0 Å². The van der Waals surface area contributed by atoms with Crippen molar-refractivity contribution in [2.75, 3.05) is 5.32 Å². The molecule has 1 N–H and O–H groups in total. The highest BCUT2D eigenvalue weighted by Gasteiger charge is 2.42. The number of benzene rings is 2. The fraction of sp³-hybridized carbons (Fsp3) is 0.176. The Morgan fingerprint density at radius 1 is 1.23 bits per heavy atom. The van der Waals surface area contributed by atoms with E-state index in [1.54, 1.807) is 31.2 Å². The molecule has 0 bridgehead atoms. The number of nitrogens with zero attached hydrogens (tertiary/aromatic N) is 1. The highest BCUT2D eigenvalue weighted by Crippen LogP contribution is 2.28. The number of carbonyl (C=O) groups is 1. The van der Waals surface area contributed by atoms with Crippen LogP contribution in [-0.4, -0.2) is 17.2 Å². The van der Waals surface area contributed by atoms with Gasteiger partial charge in [0.1, 0.15) is 5.82 Å². The molecule has 1 heterocycles. The smallest absolute Gasteiger partial charge is 0.271 e. The van der Waals surface area contributed by atoms with Crippen molar-refractivity contribution < 1.29 is 14.0 Å². The Balaban J connectivity index is 1.73. The summed E-state index contributed by atoms with van der Waals surface area (Å²) in [6.45, 7) is 1.67. The summed E-state index contributed by atoms with van der Waals surface area (Å²) in [7, 11) is 0. The van der Waals surface area contributed by atoms with Crippen molar-refractivity contribution in [2.45, 2.75) is 18.9 Å². The fourth-order valence-electron chi connectivity index (χ4n) is 2.27. The standard InChI is InChI=1S/C17H15FN2O2/c1-17(16(21)19-14-8-3-2-4-9-14)11-15(20-22-17)12-6-5-7-13(18)10-12/h2-10H,11H2,1H3,(H,19,21)/t17-/m0/s1. The summed E-state index contributed by atoms with van der Waals surface area (Å²) in [5, 5.41) is 6.75. The Morgan fingerprint density at radius 3 is 2.73 bits per heavy atom. The molecule has 0 unspecified atom stereocenters. The lowest BCUT2D eigenvalue weighted by Gasteiger charge is -2.20. The van der Waals surface area contributed by atoms with Crippen molar-refractivity contribution in [3.8, 4) is 0 Å². The van der Waals surface area contributed by atoms with E-state index in [-0.39, 0.29) is 18.1 Å². The van der Waals surface area contributed by atoms with E-state index in [1.807, 2.05) is 18.2 Å². The number of nitrogens with one attached hydrogen (secondary N) is 1. The van der Waals surface area contributed by atoms with Crippen LogP contribution in [0, 0.1) is 5.82 Å². The second-order valence-electron chi connectivity index (χ2n) is 5.37. The van der Waals surface area contributed by atoms with Gasteiger partial charge in [-0.15, -0.1) is 0 Å². The zero-order valence-corrected chi connectivity index (χ0v) is 12.0. The van der Waals surface area contributed by atoms with Crippen LogP contribution < -0.4 is 5.32 Å². The maximum absolute atomic E-state index is 13.3. The molecule has 2 aromatic carbocycles. The largest absolute Gasteiger partial charge is 0.379 e. The van der Waals surface area contributed by atoms with E-state index in [9.17, 15) is 9.18 Å². The highest BCUT2D eigenvalue weighted by atomic mass is 19.1. The van der Waals surface area contributed by atoms with E-state index in [1.165, 1.54) is 12.1 Å². The number of amides is 1. The average Bonchev–Trinajstić information content (AvgIpc) is 2.92. The van der Waals surface area contributed by atoms with Crippen molar-refractivity contribution in [1.82, 2.24) is 0 Å². The molecule has 0 spiro atoms. The SMILES string of the molecule is C[C@@]1(C(=O)Nc2ccccc2)CC(c2cccc(F)c2)=NO1. The Labute approximate surface area is 127 Å². The van der Waals surface area contributed by atoms with Gasteiger partial charge < -0.3 is 10.2 Å². The molecule has 2 aromatic rings. The molecule has 4 nitrogen and oxygen atoms in total. The van der Waals surface area contributed by atoms with Gasteiger partial charge in [-0.2, -0.15) is 0 Å². The zero-order valence-electron chi connectivity index (χ0n) is 12.0. The summed E-state index contributed by atoms with van der Waals surface area (Å²) < 4.78 is 13.3. The number of hydrogen-bond acceptors (Lipinski definition) is 3. The number of para-hydroxylation sites is 1. The molecular weight excluding hydrogens is 283 g/mol. The van der Waals surface area contributed by atoms with Gasteiger partial charge >= 0.3 is 0 Å². The summed E-state index contributed by atoms with van der Waals surface area (Å²) in [5.74, 6) is -0.628. The molecule has 0 saturated carbocycles. The number of anilines is 1. The molecule has 0 aliphatic carbocycles. The summed E-state index contributed by atoms with van der Waals surface area (Å²) >= 11 is 0. The van der Waals surface area contributed by atoms with E-state index < -0.39 is 5.60 Å². The van der Waals surface area contributed by atoms with E-state index in [4.69, 9.17) is 4.84 Å². The van der Waals surface area contributed by atoms with Crippen LogP contribution in [0.5, 0.6) is 0 Å². The first-order chi connectivity index (χ1) is 10.6. The minimum absolute atomic E-state index is 0.283. The van der Waals surface area contributed by atoms with Crippen molar-refractivity contribution in [3.63, 3.8) is 0 Å². The molecule has 0 radical (unpaired) electrons. The Kier molecular flexibility index (Phi) is 3.63. The van der Waals surface area contributed by atoms with Crippen LogP contribution in [0.25, 0.3) is 0 Å². The van der Waals surface area contributed by atoms with Gasteiger partial charge in [0.25, 0.3) is 5.91 Å². The third-order valence-corrected chi connectivity index (χ3v) is 3.53. The van der Waals surface area contributed by atoms with Crippen LogP contribution in [0.3, 0.4) is 0 Å². The van der Waals surface area contributed by atoms with Crippen LogP contribution in [0.2, 0.25) is 0 Å². The second kappa shape index (κ2) is 5.60. The second-order valence-corrected chi connectivity index (χ2v) is 5.37. The van der Waals surface area contributed by atoms with Gasteiger partial charge in [-0.05, 0) is 31.2 Å². The monoisotopic (exact) mass is 298 g/mol. The summed E-state index contributed by atoms with van der Waals surface area (Å²) in [6, 6.07) is 15.2. The molecule has 1 atom stereocenters. The first-order valence-corrected chi connectivity index (χ1v) is 6.94. The van der Waals surface area contributed by atoms with Crippen LogP contribution in [0.15, 0.2) is 59.8 Å². The van der Waals surface area contributed by atoms with Gasteiger partial charge in [-0.25, -0.2) is 4.39 Å². The van der Waals surface area contributed by atoms with Crippen molar-refractivity contribution in [2.24, 2.45) is 5.16 Å². The van der Waals surface area contributed by atoms with Gasteiger partial charge in [-0.1, -0.05) is 35.5 Å². The quantitative estimate of drug-likeness (QED) is 0.944. The predicted octanol–water partition coefficient (Wildman–Crippen LogP) is 3.35. The minimum Gasteiger partial charge on any atom is -0.379 e. The third kappa shape index (κ3) is 2.83. The maximum Gasteiger partial charge on any atom is 0.271 e. The lowest BCUT2D eigenvalue weighted by Crippen LogP contribution is -2.40. The van der Waals surface area contributed by atoms with Gasteiger partial charge in [0.15, 0.2) is 0 Å². The number of oxime groups is 1. The van der Waals surface area contributed by atoms with Crippen molar-refractivity contribution >= 4 is 17.3 Å². The molecule has 1 aliphatic heterocycles. The molecule has 0 fully saturated rings. The normalized spacial score (nSPS) is 20.2. The summed E-state index contributed by atoms with van der Waals surface area (Å²) in [4.78, 5) is 17.7. The van der Waals surface area contributed by atoms with Crippen LogP contribution in [-0.2, 0) is 9.63 Å². The van der Waals surface area contributed by atoms with Crippen LogP contribution in [0.1, 0.15) is 18.9 Å². The lowest BCUT2D eigenvalue weighted by molar-refractivity contribution is -0.135. The maximum atomic E-state index is 13.3. The molecule has 1 aliphatic rings. The lowest BCUT2D eigenvalue weighted by atomic mass is 9.95. The minimum atomic E-state index is -1.10. The molecule has 1 amide bonds. The molecule has 112 valence electrons. The fourth-order valence-corrected chi connectivity index (χ4v) is 2.27. The zero-order chi connectivity index (χ0) is 15.6. The number of halogens is 1. The average molecular weight is 298 g/mol. The number of carbonyl (C=O) groups excluding carboxylic acids is 1. The Hall–Kier alpha value is -2.69. The van der Waals surface area contributed by atoms with E-state index >= 15 is 0 Å². The molecule has 3 rings (SSSR count). The Bertz CT molecular complexity index is 730. The first kappa shape index (κ1) is 14.3. The predicted molar refractivity (Wildman–Crippen MR) is 82.1 cm³/mol. The van der Waals surface area contributed by atoms with Gasteiger partial charge in [0.05, 0.1) is 5.71 Å². The van der Waals surface area contributed by atoms with Gasteiger partial charge in [0, 0.05) is 17.7 Å². The molecule has 5 heteroatoms. The molecule has 0 aromatic heterocycles. The summed E-state index contributed by atoms with van der Waals surface area (Å²) in [6.07, 6.45) is 0.287. The first-order valence-electron chi connectivity index (χ1n) is 6.94. The molecule has 22 heavy (non-hydrogen) atoms. The molecular formula is C17H15FN2O2. The van der Waals surface area contributed by atoms with E-state index in [0.29, 0.717) is 17.0 Å². The number of hydrogen-bond donors (Lipinski definition) is 1. The third-order valence-electron chi connectivity index (χ3n) is 3.53. The van der Waals surface area contributed by atoms with Crippen molar-refractivity contribution in [1.29, 1.82) is 0 Å². The van der Waals surface area contributed by atoms with Gasteiger partial charge in [-0.3, -0.25) is 4.79 Å². The summed E-state index contributed by atoms with van der Waals surface area (Å²) in [5.41, 5.74) is 0.773. The highest BCUT2D eigenvalue weighted by molar-refractivity contribution is 6.07. The van der Waals surface area contributed by atoms with Gasteiger partial charge in [0.2, 0.25) is 5.60 Å². The topological polar surface area (TPSA) is 50.7 Å². The van der Waals surface area contributed by atoms with E-state index in [0.717, 1.165) is 0 Å². The molecule has 0 saturated heterocycles. The number of rotatable bonds is 3. The van der Waals surface area contributed by atoms with E-state index in [2.05, 4.69) is 10.5 Å². The van der Waals surface area contributed by atoms with Crippen LogP contribution in [0.4, 0.5) is 10.1 Å². The van der Waals surface area contributed by atoms with Crippen LogP contribution >= 0.6 is 0 Å².